The van der Waals surface area contributed by atoms with Crippen LogP contribution in [-0.2, 0) is 9.59 Å². The van der Waals surface area contributed by atoms with Crippen LogP contribution in [0, 0.1) is 0 Å². The van der Waals surface area contributed by atoms with E-state index in [0.29, 0.717) is 13.0 Å². The minimum Gasteiger partial charge on any atom is -0.480 e. The SMILES string of the molecule is CS[C@H]1C[C@@H](C(=O)O)N(C(=O)CS)C1. The van der Waals surface area contributed by atoms with Crippen LogP contribution in [0.3, 0.4) is 0 Å². The van der Waals surface area contributed by atoms with Crippen molar-refractivity contribution >= 4 is 36.3 Å². The van der Waals surface area contributed by atoms with E-state index in [4.69, 9.17) is 5.11 Å². The van der Waals surface area contributed by atoms with Crippen molar-refractivity contribution in [2.75, 3.05) is 18.6 Å². The molecule has 0 unspecified atom stereocenters. The highest BCUT2D eigenvalue weighted by Crippen LogP contribution is 2.26. The summed E-state index contributed by atoms with van der Waals surface area (Å²) in [6.45, 7) is 0.525. The topological polar surface area (TPSA) is 57.6 Å². The first kappa shape index (κ1) is 11.7. The second kappa shape index (κ2) is 4.93. The first-order chi connectivity index (χ1) is 6.60. The van der Waals surface area contributed by atoms with Crippen LogP contribution in [-0.4, -0.2) is 51.7 Å². The number of carbonyl (C=O) groups is 2. The summed E-state index contributed by atoms with van der Waals surface area (Å²) < 4.78 is 0. The maximum Gasteiger partial charge on any atom is 0.326 e. The number of likely N-dealkylation sites (tertiary alicyclic amines) is 1. The van der Waals surface area contributed by atoms with E-state index in [2.05, 4.69) is 12.6 Å². The summed E-state index contributed by atoms with van der Waals surface area (Å²) in [5.74, 6) is -1.04. The Hall–Kier alpha value is -0.360. The Balaban J connectivity index is 2.71. The maximum atomic E-state index is 11.4. The molecule has 1 heterocycles. The predicted octanol–water partition coefficient (Wildman–Crippen LogP) is 0.333. The van der Waals surface area contributed by atoms with E-state index in [9.17, 15) is 9.59 Å². The molecule has 1 aliphatic rings. The molecule has 0 saturated carbocycles. The van der Waals surface area contributed by atoms with Gasteiger partial charge < -0.3 is 10.0 Å². The average Bonchev–Trinajstić information content (AvgIpc) is 2.60. The molecule has 0 spiro atoms. The molecule has 1 saturated heterocycles. The van der Waals surface area contributed by atoms with Gasteiger partial charge in [0.2, 0.25) is 5.91 Å². The smallest absolute Gasteiger partial charge is 0.326 e. The number of carboxylic acid groups (broad SMARTS) is 1. The van der Waals surface area contributed by atoms with Gasteiger partial charge in [0.05, 0.1) is 5.75 Å². The Labute approximate surface area is 92.4 Å². The van der Waals surface area contributed by atoms with Gasteiger partial charge in [-0.25, -0.2) is 4.79 Å². The van der Waals surface area contributed by atoms with E-state index in [1.165, 1.54) is 4.90 Å². The molecular weight excluding hydrogens is 222 g/mol. The summed E-state index contributed by atoms with van der Waals surface area (Å²) in [4.78, 5) is 23.6. The lowest BCUT2D eigenvalue weighted by Gasteiger charge is -2.20. The molecule has 0 bridgehead atoms. The van der Waals surface area contributed by atoms with Crippen LogP contribution >= 0.6 is 24.4 Å². The monoisotopic (exact) mass is 235 g/mol. The summed E-state index contributed by atoms with van der Waals surface area (Å²) in [5, 5.41) is 9.15. The molecule has 80 valence electrons. The second-order valence-corrected chi connectivity index (χ2v) is 4.61. The number of thioether (sulfide) groups is 1. The van der Waals surface area contributed by atoms with Crippen molar-refractivity contribution < 1.29 is 14.7 Å². The molecule has 1 rings (SSSR count). The summed E-state index contributed by atoms with van der Waals surface area (Å²) in [6.07, 6.45) is 2.47. The molecule has 0 aliphatic carbocycles. The molecule has 1 amide bonds. The molecular formula is C8H13NO3S2. The Morgan fingerprint density at radius 1 is 1.64 bits per heavy atom. The number of carbonyl (C=O) groups excluding carboxylic acids is 1. The number of amides is 1. The number of hydrogen-bond acceptors (Lipinski definition) is 4. The fourth-order valence-corrected chi connectivity index (χ4v) is 2.43. The van der Waals surface area contributed by atoms with E-state index >= 15 is 0 Å². The molecule has 4 nitrogen and oxygen atoms in total. The molecule has 0 aromatic carbocycles. The van der Waals surface area contributed by atoms with Gasteiger partial charge >= 0.3 is 5.97 Å². The van der Waals surface area contributed by atoms with E-state index in [-0.39, 0.29) is 16.9 Å². The van der Waals surface area contributed by atoms with E-state index in [1.54, 1.807) is 11.8 Å². The number of carboxylic acids is 1. The summed E-state index contributed by atoms with van der Waals surface area (Å²) in [7, 11) is 0. The molecule has 1 N–H and O–H groups in total. The number of rotatable bonds is 3. The van der Waals surface area contributed by atoms with Gasteiger partial charge in [0.1, 0.15) is 6.04 Å². The molecule has 0 aromatic rings. The van der Waals surface area contributed by atoms with Gasteiger partial charge in [-0.15, -0.1) is 0 Å². The Kier molecular flexibility index (Phi) is 4.12. The molecule has 2 atom stereocenters. The van der Waals surface area contributed by atoms with Gasteiger partial charge in [-0.2, -0.15) is 24.4 Å². The quantitative estimate of drug-likeness (QED) is 0.692. The highest BCUT2D eigenvalue weighted by molar-refractivity contribution is 7.99. The van der Waals surface area contributed by atoms with Crippen molar-refractivity contribution in [2.24, 2.45) is 0 Å². The fourth-order valence-electron chi connectivity index (χ4n) is 1.57. The van der Waals surface area contributed by atoms with Gasteiger partial charge in [-0.1, -0.05) is 0 Å². The van der Waals surface area contributed by atoms with Crippen LogP contribution in [0.1, 0.15) is 6.42 Å². The highest BCUT2D eigenvalue weighted by Gasteiger charge is 2.38. The first-order valence-electron chi connectivity index (χ1n) is 4.26. The van der Waals surface area contributed by atoms with Crippen molar-refractivity contribution in [3.8, 4) is 0 Å². The lowest BCUT2D eigenvalue weighted by atomic mass is 10.2. The minimum absolute atomic E-state index is 0.0743. The van der Waals surface area contributed by atoms with E-state index in [0.717, 1.165) is 0 Å². The van der Waals surface area contributed by atoms with Crippen LogP contribution in [0.15, 0.2) is 0 Å². The standard InChI is InChI=1S/C8H13NO3S2/c1-14-5-2-6(8(11)12)9(3-5)7(10)4-13/h5-6,13H,2-4H2,1H3,(H,11,12)/t5-,6-/m0/s1. The minimum atomic E-state index is -0.920. The first-order valence-corrected chi connectivity index (χ1v) is 6.18. The number of aliphatic carboxylic acids is 1. The zero-order valence-corrected chi connectivity index (χ0v) is 9.55. The number of nitrogens with zero attached hydrogens (tertiary/aromatic N) is 1. The molecule has 6 heteroatoms. The van der Waals surface area contributed by atoms with Gasteiger partial charge in [-0.3, -0.25) is 4.79 Å². The van der Waals surface area contributed by atoms with Crippen LogP contribution in [0.4, 0.5) is 0 Å². The van der Waals surface area contributed by atoms with Crippen molar-refractivity contribution in [1.29, 1.82) is 0 Å². The van der Waals surface area contributed by atoms with Gasteiger partial charge in [0.25, 0.3) is 0 Å². The average molecular weight is 235 g/mol. The number of hydrogen-bond donors (Lipinski definition) is 2. The lowest BCUT2D eigenvalue weighted by molar-refractivity contribution is -0.147. The highest BCUT2D eigenvalue weighted by atomic mass is 32.2. The molecule has 1 aliphatic heterocycles. The van der Waals surface area contributed by atoms with Crippen LogP contribution in [0.5, 0.6) is 0 Å². The van der Waals surface area contributed by atoms with Crippen LogP contribution < -0.4 is 0 Å². The largest absolute Gasteiger partial charge is 0.480 e. The van der Waals surface area contributed by atoms with E-state index in [1.807, 2.05) is 6.26 Å². The Bertz CT molecular complexity index is 247. The zero-order valence-electron chi connectivity index (χ0n) is 7.84. The maximum absolute atomic E-state index is 11.4. The Morgan fingerprint density at radius 3 is 2.71 bits per heavy atom. The normalized spacial score (nSPS) is 26.6. The predicted molar refractivity (Wildman–Crippen MR) is 58.9 cm³/mol. The molecule has 0 radical (unpaired) electrons. The molecule has 14 heavy (non-hydrogen) atoms. The third-order valence-corrected chi connectivity index (χ3v) is 3.62. The van der Waals surface area contributed by atoms with Crippen molar-refractivity contribution in [3.05, 3.63) is 0 Å². The van der Waals surface area contributed by atoms with Gasteiger partial charge in [0, 0.05) is 11.8 Å². The lowest BCUT2D eigenvalue weighted by Crippen LogP contribution is -2.41. The third-order valence-electron chi connectivity index (χ3n) is 2.34. The van der Waals surface area contributed by atoms with Crippen LogP contribution in [0.25, 0.3) is 0 Å². The van der Waals surface area contributed by atoms with Crippen molar-refractivity contribution in [1.82, 2.24) is 4.90 Å². The summed E-state index contributed by atoms with van der Waals surface area (Å²) >= 11 is 5.47. The summed E-state index contributed by atoms with van der Waals surface area (Å²) in [5.41, 5.74) is 0. The van der Waals surface area contributed by atoms with Gasteiger partial charge in [-0.05, 0) is 12.7 Å². The second-order valence-electron chi connectivity index (χ2n) is 3.15. The fraction of sp³-hybridized carbons (Fsp3) is 0.750. The summed E-state index contributed by atoms with van der Waals surface area (Å²) in [6, 6.07) is -0.660. The number of thiol groups is 1. The zero-order chi connectivity index (χ0) is 10.7. The molecule has 0 aromatic heterocycles. The molecule has 1 fully saturated rings. The van der Waals surface area contributed by atoms with Crippen molar-refractivity contribution in [2.45, 2.75) is 17.7 Å². The van der Waals surface area contributed by atoms with Crippen molar-refractivity contribution in [3.63, 3.8) is 0 Å². The Morgan fingerprint density at radius 2 is 2.29 bits per heavy atom. The van der Waals surface area contributed by atoms with Gasteiger partial charge in [0.15, 0.2) is 0 Å². The third kappa shape index (κ3) is 2.36. The van der Waals surface area contributed by atoms with E-state index < -0.39 is 12.0 Å². The van der Waals surface area contributed by atoms with Crippen LogP contribution in [0.2, 0.25) is 0 Å².